The zero-order valence-corrected chi connectivity index (χ0v) is 10.9. The molecule has 1 N–H and O–H groups in total. The van der Waals surface area contributed by atoms with Gasteiger partial charge in [0.15, 0.2) is 0 Å². The van der Waals surface area contributed by atoms with E-state index in [1.54, 1.807) is 0 Å². The Morgan fingerprint density at radius 2 is 1.82 bits per heavy atom. The van der Waals surface area contributed by atoms with Crippen LogP contribution in [0, 0.1) is 5.92 Å². The monoisotopic (exact) mass is 233 g/mol. The van der Waals surface area contributed by atoms with E-state index in [4.69, 9.17) is 0 Å². The molecule has 2 heteroatoms. The quantitative estimate of drug-likeness (QED) is 0.701. The minimum atomic E-state index is 0.126. The first-order valence-corrected chi connectivity index (χ1v) is 6.53. The molecule has 17 heavy (non-hydrogen) atoms. The normalized spacial score (nSPS) is 10.5. The number of carbonyl (C=O) groups is 1. The predicted molar refractivity (Wildman–Crippen MR) is 73.0 cm³/mol. The van der Waals surface area contributed by atoms with Gasteiger partial charge in [0.1, 0.15) is 0 Å². The number of unbranched alkanes of at least 4 members (excludes halogenated alkanes) is 2. The number of para-hydroxylation sites is 1. The molecular weight excluding hydrogens is 210 g/mol. The zero-order chi connectivity index (χ0) is 12.5. The lowest BCUT2D eigenvalue weighted by Crippen LogP contribution is -2.10. The first-order valence-electron chi connectivity index (χ1n) is 6.53. The van der Waals surface area contributed by atoms with E-state index in [0.717, 1.165) is 24.4 Å². The summed E-state index contributed by atoms with van der Waals surface area (Å²) in [6.07, 6.45) is 5.27. The van der Waals surface area contributed by atoms with Crippen LogP contribution in [0.4, 0.5) is 5.69 Å². The van der Waals surface area contributed by atoms with E-state index >= 15 is 0 Å². The molecule has 0 bridgehead atoms. The summed E-state index contributed by atoms with van der Waals surface area (Å²) in [7, 11) is 0. The molecule has 0 atom stereocenters. The lowest BCUT2D eigenvalue weighted by molar-refractivity contribution is -0.116. The number of rotatable bonds is 7. The van der Waals surface area contributed by atoms with Crippen LogP contribution in [-0.4, -0.2) is 5.91 Å². The summed E-state index contributed by atoms with van der Waals surface area (Å²) in [4.78, 5) is 11.6. The summed E-state index contributed by atoms with van der Waals surface area (Å²) in [5.41, 5.74) is 0.889. The van der Waals surface area contributed by atoms with Gasteiger partial charge in [0.05, 0.1) is 0 Å². The van der Waals surface area contributed by atoms with Crippen LogP contribution in [0.5, 0.6) is 0 Å². The SMILES string of the molecule is CC(C)CCCCCC(=O)Nc1ccccc1. The van der Waals surface area contributed by atoms with Crippen LogP contribution in [0.2, 0.25) is 0 Å². The Labute approximate surface area is 104 Å². The molecule has 1 amide bonds. The molecular formula is C15H23NO. The van der Waals surface area contributed by atoms with Crippen molar-refractivity contribution in [2.45, 2.75) is 46.0 Å². The van der Waals surface area contributed by atoms with Gasteiger partial charge < -0.3 is 5.32 Å². The van der Waals surface area contributed by atoms with Crippen LogP contribution in [-0.2, 0) is 4.79 Å². The largest absolute Gasteiger partial charge is 0.326 e. The number of anilines is 1. The standard InChI is InChI=1S/C15H23NO/c1-13(2)9-5-3-8-12-15(17)16-14-10-6-4-7-11-14/h4,6-7,10-11,13H,3,5,8-9,12H2,1-2H3,(H,16,17). The topological polar surface area (TPSA) is 29.1 Å². The van der Waals surface area contributed by atoms with Crippen LogP contribution in [0.15, 0.2) is 30.3 Å². The van der Waals surface area contributed by atoms with Gasteiger partial charge in [-0.3, -0.25) is 4.79 Å². The highest BCUT2D eigenvalue weighted by Gasteiger charge is 2.01. The van der Waals surface area contributed by atoms with Crippen molar-refractivity contribution >= 4 is 11.6 Å². The van der Waals surface area contributed by atoms with E-state index in [0.29, 0.717) is 6.42 Å². The van der Waals surface area contributed by atoms with E-state index in [-0.39, 0.29) is 5.91 Å². The molecule has 1 rings (SSSR count). The van der Waals surface area contributed by atoms with E-state index in [2.05, 4.69) is 19.2 Å². The molecule has 0 aliphatic carbocycles. The van der Waals surface area contributed by atoms with E-state index in [1.807, 2.05) is 30.3 Å². The summed E-state index contributed by atoms with van der Waals surface area (Å²) in [6.45, 7) is 4.48. The molecule has 0 radical (unpaired) electrons. The fourth-order valence-electron chi connectivity index (χ4n) is 1.76. The summed E-state index contributed by atoms with van der Waals surface area (Å²) in [6, 6.07) is 9.63. The fraction of sp³-hybridized carbons (Fsp3) is 0.533. The molecule has 0 fully saturated rings. The molecule has 0 aliphatic rings. The maximum atomic E-state index is 11.6. The average Bonchev–Trinajstić information content (AvgIpc) is 2.29. The molecule has 94 valence electrons. The first kappa shape index (κ1) is 13.8. The number of carbonyl (C=O) groups excluding carboxylic acids is 1. The molecule has 1 aromatic rings. The first-order chi connectivity index (χ1) is 8.18. The zero-order valence-electron chi connectivity index (χ0n) is 10.9. The molecule has 0 aromatic heterocycles. The molecule has 1 aromatic carbocycles. The molecule has 0 heterocycles. The van der Waals surface area contributed by atoms with E-state index in [9.17, 15) is 4.79 Å². The van der Waals surface area contributed by atoms with Crippen molar-refractivity contribution in [1.29, 1.82) is 0 Å². The lowest BCUT2D eigenvalue weighted by atomic mass is 10.0. The third-order valence-corrected chi connectivity index (χ3v) is 2.74. The summed E-state index contributed by atoms with van der Waals surface area (Å²) >= 11 is 0. The summed E-state index contributed by atoms with van der Waals surface area (Å²) < 4.78 is 0. The Balaban J connectivity index is 2.10. The second-order valence-corrected chi connectivity index (χ2v) is 4.91. The molecule has 0 saturated heterocycles. The van der Waals surface area contributed by atoms with Gasteiger partial charge in [-0.25, -0.2) is 0 Å². The highest BCUT2D eigenvalue weighted by molar-refractivity contribution is 5.90. The van der Waals surface area contributed by atoms with Gasteiger partial charge >= 0.3 is 0 Å². The molecule has 0 spiro atoms. The predicted octanol–water partition coefficient (Wildman–Crippen LogP) is 4.23. The van der Waals surface area contributed by atoms with Crippen LogP contribution in [0.1, 0.15) is 46.0 Å². The van der Waals surface area contributed by atoms with Gasteiger partial charge in [-0.15, -0.1) is 0 Å². The van der Waals surface area contributed by atoms with Crippen molar-refractivity contribution in [3.63, 3.8) is 0 Å². The smallest absolute Gasteiger partial charge is 0.224 e. The van der Waals surface area contributed by atoms with Crippen LogP contribution >= 0.6 is 0 Å². The number of amides is 1. The second-order valence-electron chi connectivity index (χ2n) is 4.91. The maximum absolute atomic E-state index is 11.6. The van der Waals surface area contributed by atoms with Gasteiger partial charge in [-0.05, 0) is 24.5 Å². The van der Waals surface area contributed by atoms with Gasteiger partial charge in [-0.2, -0.15) is 0 Å². The van der Waals surface area contributed by atoms with Crippen LogP contribution in [0.25, 0.3) is 0 Å². The van der Waals surface area contributed by atoms with Crippen molar-refractivity contribution in [2.24, 2.45) is 5.92 Å². The lowest BCUT2D eigenvalue weighted by Gasteiger charge is -2.06. The molecule has 0 unspecified atom stereocenters. The van der Waals surface area contributed by atoms with Gasteiger partial charge in [-0.1, -0.05) is 51.3 Å². The molecule has 0 aliphatic heterocycles. The highest BCUT2D eigenvalue weighted by Crippen LogP contribution is 2.11. The Hall–Kier alpha value is -1.31. The molecule has 2 nitrogen and oxygen atoms in total. The number of benzene rings is 1. The van der Waals surface area contributed by atoms with Crippen molar-refractivity contribution in [3.8, 4) is 0 Å². The Morgan fingerprint density at radius 3 is 2.47 bits per heavy atom. The Morgan fingerprint density at radius 1 is 1.12 bits per heavy atom. The molecule has 0 saturated carbocycles. The van der Waals surface area contributed by atoms with Crippen molar-refractivity contribution in [2.75, 3.05) is 5.32 Å². The van der Waals surface area contributed by atoms with Crippen molar-refractivity contribution in [3.05, 3.63) is 30.3 Å². The second kappa shape index (κ2) is 7.88. The Kier molecular flexibility index (Phi) is 6.38. The van der Waals surface area contributed by atoms with Gasteiger partial charge in [0.25, 0.3) is 0 Å². The van der Waals surface area contributed by atoms with Gasteiger partial charge in [0.2, 0.25) is 5.91 Å². The van der Waals surface area contributed by atoms with Crippen LogP contribution < -0.4 is 5.32 Å². The highest BCUT2D eigenvalue weighted by atomic mass is 16.1. The van der Waals surface area contributed by atoms with Crippen LogP contribution in [0.3, 0.4) is 0 Å². The minimum absolute atomic E-state index is 0.126. The maximum Gasteiger partial charge on any atom is 0.224 e. The third kappa shape index (κ3) is 6.77. The van der Waals surface area contributed by atoms with Crippen molar-refractivity contribution in [1.82, 2.24) is 0 Å². The number of hydrogen-bond donors (Lipinski definition) is 1. The van der Waals surface area contributed by atoms with E-state index < -0.39 is 0 Å². The van der Waals surface area contributed by atoms with Gasteiger partial charge in [0, 0.05) is 12.1 Å². The summed E-state index contributed by atoms with van der Waals surface area (Å²) in [5.74, 6) is 0.897. The minimum Gasteiger partial charge on any atom is -0.326 e. The third-order valence-electron chi connectivity index (χ3n) is 2.74. The summed E-state index contributed by atoms with van der Waals surface area (Å²) in [5, 5.41) is 2.90. The number of hydrogen-bond acceptors (Lipinski definition) is 1. The fourth-order valence-corrected chi connectivity index (χ4v) is 1.76. The van der Waals surface area contributed by atoms with E-state index in [1.165, 1.54) is 12.8 Å². The number of nitrogens with one attached hydrogen (secondary N) is 1. The van der Waals surface area contributed by atoms with Crippen molar-refractivity contribution < 1.29 is 4.79 Å². The Bertz CT molecular complexity index is 319. The average molecular weight is 233 g/mol.